The summed E-state index contributed by atoms with van der Waals surface area (Å²) >= 11 is 0. The number of carboxylic acid groups (broad SMARTS) is 1. The van der Waals surface area contributed by atoms with Crippen LogP contribution in [0.4, 0.5) is 5.69 Å². The van der Waals surface area contributed by atoms with Gasteiger partial charge in [-0.25, -0.2) is 17.9 Å². The smallest absolute Gasteiger partial charge is 0.356 e. The van der Waals surface area contributed by atoms with Crippen molar-refractivity contribution in [1.29, 1.82) is 0 Å². The van der Waals surface area contributed by atoms with Crippen LogP contribution in [0, 0.1) is 12.8 Å². The monoisotopic (exact) mass is 540 g/mol. The summed E-state index contributed by atoms with van der Waals surface area (Å²) in [5.41, 5.74) is 0.799. The number of methoxy groups -OCH3 is 1. The number of benzene rings is 2. The van der Waals surface area contributed by atoms with Crippen LogP contribution in [-0.2, 0) is 14.8 Å². The first-order chi connectivity index (χ1) is 18.2. The van der Waals surface area contributed by atoms with Gasteiger partial charge in [0, 0.05) is 23.2 Å². The van der Waals surface area contributed by atoms with Gasteiger partial charge in [-0.05, 0) is 75.1 Å². The average molecular weight is 541 g/mol. The van der Waals surface area contributed by atoms with Gasteiger partial charge in [-0.3, -0.25) is 4.79 Å². The van der Waals surface area contributed by atoms with Crippen LogP contribution >= 0.6 is 0 Å². The lowest BCUT2D eigenvalue weighted by atomic mass is 9.85. The lowest BCUT2D eigenvalue weighted by molar-refractivity contribution is -0.122. The van der Waals surface area contributed by atoms with Crippen molar-refractivity contribution >= 4 is 27.6 Å². The normalized spacial score (nSPS) is 15.5. The number of sulfonamides is 1. The summed E-state index contributed by atoms with van der Waals surface area (Å²) in [7, 11) is -2.49. The van der Waals surface area contributed by atoms with Crippen molar-refractivity contribution in [2.75, 3.05) is 12.4 Å². The van der Waals surface area contributed by atoms with E-state index in [9.17, 15) is 23.1 Å². The SMILES string of the molecule is COc1ccc(-n2nc(C(=O)O)c(C)c2Oc2ccc(NC(=O)C3CCC3)cc2S(=O)(=O)NC2CC2)cc1. The number of aromatic carboxylic acids is 1. The van der Waals surface area contributed by atoms with Crippen molar-refractivity contribution in [3.05, 3.63) is 53.7 Å². The minimum absolute atomic E-state index is 0.0329. The molecule has 1 amide bonds. The molecule has 3 N–H and O–H groups in total. The van der Waals surface area contributed by atoms with Crippen LogP contribution in [0.1, 0.15) is 48.2 Å². The van der Waals surface area contributed by atoms with Crippen LogP contribution in [0.2, 0.25) is 0 Å². The zero-order chi connectivity index (χ0) is 27.0. The molecule has 0 aliphatic heterocycles. The molecule has 12 heteroatoms. The summed E-state index contributed by atoms with van der Waals surface area (Å²) in [5.74, 6) is -0.875. The molecule has 2 aliphatic rings. The number of nitrogens with one attached hydrogen (secondary N) is 2. The highest BCUT2D eigenvalue weighted by molar-refractivity contribution is 7.89. The van der Waals surface area contributed by atoms with Crippen molar-refractivity contribution in [3.8, 4) is 23.1 Å². The zero-order valence-electron chi connectivity index (χ0n) is 20.9. The second-order valence-corrected chi connectivity index (χ2v) is 11.2. The fourth-order valence-corrected chi connectivity index (χ4v) is 5.54. The maximum absolute atomic E-state index is 13.3. The summed E-state index contributed by atoms with van der Waals surface area (Å²) in [4.78, 5) is 24.2. The Kier molecular flexibility index (Phi) is 6.84. The number of hydrogen-bond donors (Lipinski definition) is 3. The first-order valence-corrected chi connectivity index (χ1v) is 13.8. The molecule has 5 rings (SSSR count). The van der Waals surface area contributed by atoms with E-state index < -0.39 is 16.0 Å². The fraction of sp³-hybridized carbons (Fsp3) is 0.346. The summed E-state index contributed by atoms with van der Waals surface area (Å²) < 4.78 is 41.9. The van der Waals surface area contributed by atoms with Gasteiger partial charge in [0.25, 0.3) is 0 Å². The summed E-state index contributed by atoms with van der Waals surface area (Å²) in [6.07, 6.45) is 4.08. The molecule has 0 unspecified atom stereocenters. The van der Waals surface area contributed by atoms with Gasteiger partial charge >= 0.3 is 5.97 Å². The third-order valence-electron chi connectivity index (χ3n) is 6.67. The molecule has 3 aromatic rings. The number of carbonyl (C=O) groups is 2. The van der Waals surface area contributed by atoms with Gasteiger partial charge in [0.15, 0.2) is 5.69 Å². The van der Waals surface area contributed by atoms with Gasteiger partial charge in [-0.2, -0.15) is 9.78 Å². The van der Waals surface area contributed by atoms with Gasteiger partial charge in [-0.15, -0.1) is 0 Å². The number of carboxylic acids is 1. The Morgan fingerprint density at radius 1 is 1.08 bits per heavy atom. The molecule has 11 nitrogen and oxygen atoms in total. The van der Waals surface area contributed by atoms with E-state index in [1.807, 2.05) is 0 Å². The van der Waals surface area contributed by atoms with E-state index in [4.69, 9.17) is 9.47 Å². The molecule has 0 spiro atoms. The highest BCUT2D eigenvalue weighted by Crippen LogP contribution is 2.37. The van der Waals surface area contributed by atoms with Crippen molar-refractivity contribution in [1.82, 2.24) is 14.5 Å². The van der Waals surface area contributed by atoms with Gasteiger partial charge in [-0.1, -0.05) is 6.42 Å². The Bertz CT molecular complexity index is 1490. The second-order valence-electron chi connectivity index (χ2n) is 9.47. The number of nitrogens with zero attached hydrogens (tertiary/aromatic N) is 2. The molecule has 2 aliphatic carbocycles. The molecular weight excluding hydrogens is 512 g/mol. The number of anilines is 1. The van der Waals surface area contributed by atoms with E-state index in [1.165, 1.54) is 30.8 Å². The predicted molar refractivity (Wildman–Crippen MR) is 138 cm³/mol. The first-order valence-electron chi connectivity index (χ1n) is 12.3. The minimum atomic E-state index is -4.02. The van der Waals surface area contributed by atoms with Crippen molar-refractivity contribution < 1.29 is 32.6 Å². The molecule has 1 heterocycles. The number of carbonyl (C=O) groups excluding carboxylic acids is 1. The van der Waals surface area contributed by atoms with Crippen LogP contribution in [-0.4, -0.2) is 48.3 Å². The molecule has 0 bridgehead atoms. The van der Waals surface area contributed by atoms with Crippen molar-refractivity contribution in [2.24, 2.45) is 5.92 Å². The standard InChI is InChI=1S/C26H28N4O7S/c1-15-23(26(32)33)28-30(19-9-11-20(36-2)12-10-19)25(15)37-21-13-8-18(27-24(31)16-4-3-5-16)14-22(21)38(34,35)29-17-6-7-17/h8-14,16-17,29H,3-7H2,1-2H3,(H,27,31)(H,32,33). The second kappa shape index (κ2) is 10.1. The Hall–Kier alpha value is -3.90. The molecule has 0 radical (unpaired) electrons. The molecule has 0 atom stereocenters. The fourth-order valence-electron chi connectivity index (χ4n) is 4.09. The van der Waals surface area contributed by atoms with E-state index in [1.54, 1.807) is 30.3 Å². The van der Waals surface area contributed by atoms with Crippen molar-refractivity contribution in [2.45, 2.75) is 50.0 Å². The number of aromatic nitrogens is 2. The van der Waals surface area contributed by atoms with E-state index in [0.29, 0.717) is 17.1 Å². The minimum Gasteiger partial charge on any atom is -0.497 e. The average Bonchev–Trinajstić information content (AvgIpc) is 3.59. The molecule has 1 aromatic heterocycles. The molecule has 2 saturated carbocycles. The molecule has 2 fully saturated rings. The van der Waals surface area contributed by atoms with E-state index in [-0.39, 0.29) is 45.6 Å². The van der Waals surface area contributed by atoms with E-state index >= 15 is 0 Å². The van der Waals surface area contributed by atoms with E-state index in [2.05, 4.69) is 15.1 Å². The Morgan fingerprint density at radius 3 is 2.37 bits per heavy atom. The Balaban J connectivity index is 1.56. The quantitative estimate of drug-likeness (QED) is 0.351. The summed E-state index contributed by atoms with van der Waals surface area (Å²) in [6, 6.07) is 10.9. The Morgan fingerprint density at radius 2 is 1.79 bits per heavy atom. The lowest BCUT2D eigenvalue weighted by Gasteiger charge is -2.24. The zero-order valence-corrected chi connectivity index (χ0v) is 21.7. The maximum atomic E-state index is 13.3. The van der Waals surface area contributed by atoms with Crippen LogP contribution < -0.4 is 19.5 Å². The number of ether oxygens (including phenoxy) is 2. The first kappa shape index (κ1) is 25.7. The topological polar surface area (TPSA) is 149 Å². The molecule has 38 heavy (non-hydrogen) atoms. The number of rotatable bonds is 10. The van der Waals surface area contributed by atoms with Crippen LogP contribution in [0.5, 0.6) is 17.4 Å². The molecule has 0 saturated heterocycles. The predicted octanol–water partition coefficient (Wildman–Crippen LogP) is 3.86. The maximum Gasteiger partial charge on any atom is 0.356 e. The highest BCUT2D eigenvalue weighted by atomic mass is 32.2. The van der Waals surface area contributed by atoms with Gasteiger partial charge < -0.3 is 19.9 Å². The molecule has 200 valence electrons. The molecule has 2 aromatic carbocycles. The Labute approximate surface area is 219 Å². The van der Waals surface area contributed by atoms with Crippen molar-refractivity contribution in [3.63, 3.8) is 0 Å². The van der Waals surface area contributed by atoms with Crippen LogP contribution in [0.15, 0.2) is 47.4 Å². The van der Waals surface area contributed by atoms with Crippen LogP contribution in [0.25, 0.3) is 5.69 Å². The number of hydrogen-bond acceptors (Lipinski definition) is 7. The summed E-state index contributed by atoms with van der Waals surface area (Å²) in [6.45, 7) is 1.54. The number of amides is 1. The largest absolute Gasteiger partial charge is 0.497 e. The third-order valence-corrected chi connectivity index (χ3v) is 8.21. The van der Waals surface area contributed by atoms with Crippen LogP contribution in [0.3, 0.4) is 0 Å². The lowest BCUT2D eigenvalue weighted by Crippen LogP contribution is -2.28. The molecular formula is C26H28N4O7S. The summed E-state index contributed by atoms with van der Waals surface area (Å²) in [5, 5.41) is 16.7. The third kappa shape index (κ3) is 5.22. The highest BCUT2D eigenvalue weighted by Gasteiger charge is 2.32. The van der Waals surface area contributed by atoms with Gasteiger partial charge in [0.1, 0.15) is 16.4 Å². The van der Waals surface area contributed by atoms with E-state index in [0.717, 1.165) is 32.1 Å². The van der Waals surface area contributed by atoms with Gasteiger partial charge in [0.2, 0.25) is 21.8 Å². The van der Waals surface area contributed by atoms with Gasteiger partial charge in [0.05, 0.1) is 12.8 Å².